The van der Waals surface area contributed by atoms with Gasteiger partial charge >= 0.3 is 0 Å². The number of thiazole rings is 1. The Morgan fingerprint density at radius 1 is 1.25 bits per heavy atom. The maximum absolute atomic E-state index is 12.1. The quantitative estimate of drug-likeness (QED) is 0.599. The van der Waals surface area contributed by atoms with Crippen molar-refractivity contribution < 1.29 is 4.79 Å². The fourth-order valence-electron chi connectivity index (χ4n) is 2.11. The minimum absolute atomic E-state index is 0.0678. The molecule has 0 fully saturated rings. The number of halogens is 1. The van der Waals surface area contributed by atoms with Crippen LogP contribution >= 0.6 is 34.7 Å². The van der Waals surface area contributed by atoms with Gasteiger partial charge in [0.05, 0.1) is 11.4 Å². The van der Waals surface area contributed by atoms with Gasteiger partial charge in [0.15, 0.2) is 4.34 Å². The van der Waals surface area contributed by atoms with Gasteiger partial charge in [-0.2, -0.15) is 0 Å². The van der Waals surface area contributed by atoms with Crippen LogP contribution in [0.15, 0.2) is 58.3 Å². The molecular formula is C18H15ClN2OS2. The van der Waals surface area contributed by atoms with Crippen LogP contribution in [0.5, 0.6) is 0 Å². The third-order valence-corrected chi connectivity index (χ3v) is 5.61. The van der Waals surface area contributed by atoms with Crippen LogP contribution in [0.1, 0.15) is 5.56 Å². The molecule has 0 saturated heterocycles. The van der Waals surface area contributed by atoms with E-state index in [0.717, 1.165) is 26.8 Å². The van der Waals surface area contributed by atoms with Crippen LogP contribution in [0.2, 0.25) is 5.02 Å². The Balaban J connectivity index is 1.59. The monoisotopic (exact) mass is 374 g/mol. The first-order valence-corrected chi connectivity index (χ1v) is 9.56. The minimum Gasteiger partial charge on any atom is -0.325 e. The molecule has 0 radical (unpaired) electrons. The fourth-order valence-corrected chi connectivity index (χ4v) is 3.91. The largest absolute Gasteiger partial charge is 0.325 e. The first-order valence-electron chi connectivity index (χ1n) is 7.31. The molecule has 0 aliphatic heterocycles. The molecule has 1 N–H and O–H groups in total. The van der Waals surface area contributed by atoms with E-state index in [1.54, 1.807) is 17.4 Å². The zero-order chi connectivity index (χ0) is 16.9. The third kappa shape index (κ3) is 4.38. The number of carbonyl (C=O) groups excluding carboxylic acids is 1. The topological polar surface area (TPSA) is 42.0 Å². The highest BCUT2D eigenvalue weighted by atomic mass is 35.5. The number of nitrogens with zero attached hydrogens (tertiary/aromatic N) is 1. The lowest BCUT2D eigenvalue weighted by atomic mass is 10.2. The molecule has 0 atom stereocenters. The van der Waals surface area contributed by atoms with Crippen molar-refractivity contribution in [1.29, 1.82) is 0 Å². The summed E-state index contributed by atoms with van der Waals surface area (Å²) in [4.78, 5) is 16.7. The minimum atomic E-state index is -0.0678. The van der Waals surface area contributed by atoms with E-state index in [1.165, 1.54) is 11.8 Å². The second kappa shape index (κ2) is 7.83. The number of carbonyl (C=O) groups is 1. The lowest BCUT2D eigenvalue weighted by Crippen LogP contribution is -2.14. The molecular weight excluding hydrogens is 360 g/mol. The van der Waals surface area contributed by atoms with Gasteiger partial charge in [0.2, 0.25) is 5.91 Å². The maximum atomic E-state index is 12.1. The van der Waals surface area contributed by atoms with Gasteiger partial charge in [0, 0.05) is 21.7 Å². The van der Waals surface area contributed by atoms with Crippen LogP contribution in [0, 0.1) is 6.92 Å². The highest BCUT2D eigenvalue weighted by Gasteiger charge is 2.09. The predicted octanol–water partition coefficient (Wildman–Crippen LogP) is 5.50. The van der Waals surface area contributed by atoms with Crippen LogP contribution < -0.4 is 5.32 Å². The smallest absolute Gasteiger partial charge is 0.234 e. The SMILES string of the molecule is Cc1ccc(Cl)cc1NC(=O)CSc1nc(-c2ccccc2)cs1. The van der Waals surface area contributed by atoms with E-state index < -0.39 is 0 Å². The van der Waals surface area contributed by atoms with Crippen LogP contribution in [0.4, 0.5) is 5.69 Å². The van der Waals surface area contributed by atoms with Crippen molar-refractivity contribution >= 4 is 46.3 Å². The Kier molecular flexibility index (Phi) is 5.56. The summed E-state index contributed by atoms with van der Waals surface area (Å²) in [5.74, 6) is 0.245. The number of aromatic nitrogens is 1. The molecule has 122 valence electrons. The number of rotatable bonds is 5. The van der Waals surface area contributed by atoms with E-state index in [2.05, 4.69) is 10.3 Å². The highest BCUT2D eigenvalue weighted by molar-refractivity contribution is 8.01. The summed E-state index contributed by atoms with van der Waals surface area (Å²) in [5.41, 5.74) is 3.75. The van der Waals surface area contributed by atoms with Crippen LogP contribution in [0.25, 0.3) is 11.3 Å². The second-order valence-corrected chi connectivity index (χ2v) is 7.68. The molecule has 1 aromatic heterocycles. The molecule has 2 aromatic carbocycles. The average Bonchev–Trinajstić information content (AvgIpc) is 3.06. The lowest BCUT2D eigenvalue weighted by molar-refractivity contribution is -0.113. The van der Waals surface area contributed by atoms with Crippen LogP contribution in [0.3, 0.4) is 0 Å². The number of hydrogen-bond donors (Lipinski definition) is 1. The second-order valence-electron chi connectivity index (χ2n) is 5.16. The summed E-state index contributed by atoms with van der Waals surface area (Å²) >= 11 is 8.95. The van der Waals surface area contributed by atoms with Gasteiger partial charge in [-0.1, -0.05) is 59.8 Å². The van der Waals surface area contributed by atoms with Crippen molar-refractivity contribution in [2.45, 2.75) is 11.3 Å². The zero-order valence-corrected chi connectivity index (χ0v) is 15.3. The van der Waals surface area contributed by atoms with E-state index in [1.807, 2.05) is 54.8 Å². The number of amides is 1. The molecule has 0 saturated carbocycles. The first kappa shape index (κ1) is 17.0. The summed E-state index contributed by atoms with van der Waals surface area (Å²) < 4.78 is 0.881. The van der Waals surface area contributed by atoms with E-state index in [4.69, 9.17) is 11.6 Å². The van der Waals surface area contributed by atoms with Gasteiger partial charge in [-0.25, -0.2) is 4.98 Å². The Labute approximate surface area is 154 Å². The van der Waals surface area contributed by atoms with Crippen LogP contribution in [-0.2, 0) is 4.79 Å². The van der Waals surface area contributed by atoms with Gasteiger partial charge in [-0.05, 0) is 24.6 Å². The van der Waals surface area contributed by atoms with Crippen molar-refractivity contribution in [1.82, 2.24) is 4.98 Å². The molecule has 1 heterocycles. The summed E-state index contributed by atoms with van der Waals surface area (Å²) in [6.45, 7) is 1.94. The molecule has 0 spiro atoms. The molecule has 24 heavy (non-hydrogen) atoms. The molecule has 1 amide bonds. The summed E-state index contributed by atoms with van der Waals surface area (Å²) in [6, 6.07) is 15.5. The fraction of sp³-hybridized carbons (Fsp3) is 0.111. The number of hydrogen-bond acceptors (Lipinski definition) is 4. The number of benzene rings is 2. The normalized spacial score (nSPS) is 10.6. The van der Waals surface area contributed by atoms with Gasteiger partial charge in [0.1, 0.15) is 0 Å². The molecule has 0 aliphatic rings. The number of nitrogens with one attached hydrogen (secondary N) is 1. The number of thioether (sulfide) groups is 1. The predicted molar refractivity (Wildman–Crippen MR) is 103 cm³/mol. The van der Waals surface area contributed by atoms with Crippen molar-refractivity contribution in [3.8, 4) is 11.3 Å². The van der Waals surface area contributed by atoms with Crippen molar-refractivity contribution in [2.24, 2.45) is 0 Å². The highest BCUT2D eigenvalue weighted by Crippen LogP contribution is 2.28. The van der Waals surface area contributed by atoms with Crippen molar-refractivity contribution in [2.75, 3.05) is 11.1 Å². The first-order chi connectivity index (χ1) is 11.6. The lowest BCUT2D eigenvalue weighted by Gasteiger charge is -2.08. The van der Waals surface area contributed by atoms with E-state index in [-0.39, 0.29) is 5.91 Å². The third-order valence-electron chi connectivity index (χ3n) is 3.35. The van der Waals surface area contributed by atoms with Crippen molar-refractivity contribution in [3.05, 3.63) is 64.5 Å². The molecule has 3 nitrogen and oxygen atoms in total. The Morgan fingerprint density at radius 3 is 2.83 bits per heavy atom. The molecule has 6 heteroatoms. The maximum Gasteiger partial charge on any atom is 0.234 e. The average molecular weight is 375 g/mol. The van der Waals surface area contributed by atoms with Crippen LogP contribution in [-0.4, -0.2) is 16.6 Å². The zero-order valence-electron chi connectivity index (χ0n) is 13.0. The Bertz CT molecular complexity index is 849. The van der Waals surface area contributed by atoms with E-state index in [9.17, 15) is 4.79 Å². The van der Waals surface area contributed by atoms with Gasteiger partial charge in [-0.15, -0.1) is 11.3 Å². The van der Waals surface area contributed by atoms with Gasteiger partial charge in [0.25, 0.3) is 0 Å². The molecule has 3 rings (SSSR count). The summed E-state index contributed by atoms with van der Waals surface area (Å²) in [5, 5.41) is 5.51. The molecule has 3 aromatic rings. The summed E-state index contributed by atoms with van der Waals surface area (Å²) in [6.07, 6.45) is 0. The standard InChI is InChI=1S/C18H15ClN2OS2/c1-12-7-8-14(19)9-15(12)20-17(22)11-24-18-21-16(10-23-18)13-5-3-2-4-6-13/h2-10H,11H2,1H3,(H,20,22). The van der Waals surface area contributed by atoms with E-state index >= 15 is 0 Å². The molecule has 0 aliphatic carbocycles. The number of anilines is 1. The molecule has 0 unspecified atom stereocenters. The molecule has 0 bridgehead atoms. The van der Waals surface area contributed by atoms with E-state index in [0.29, 0.717) is 10.8 Å². The van der Waals surface area contributed by atoms with Gasteiger partial charge < -0.3 is 5.32 Å². The van der Waals surface area contributed by atoms with Crippen molar-refractivity contribution in [3.63, 3.8) is 0 Å². The number of aryl methyl sites for hydroxylation is 1. The Morgan fingerprint density at radius 2 is 2.04 bits per heavy atom. The van der Waals surface area contributed by atoms with Gasteiger partial charge in [-0.3, -0.25) is 4.79 Å². The summed E-state index contributed by atoms with van der Waals surface area (Å²) in [7, 11) is 0. The Hall–Kier alpha value is -1.82.